The maximum atomic E-state index is 12.2. The van der Waals surface area contributed by atoms with Gasteiger partial charge in [0.05, 0.1) is 5.56 Å². The molecule has 0 saturated carbocycles. The molecule has 0 N–H and O–H groups in total. The first-order chi connectivity index (χ1) is 6.82. The van der Waals surface area contributed by atoms with E-state index in [9.17, 15) is 13.2 Å². The third kappa shape index (κ3) is 4.86. The van der Waals surface area contributed by atoms with Gasteiger partial charge in [0.1, 0.15) is 0 Å². The summed E-state index contributed by atoms with van der Waals surface area (Å²) in [6.07, 6.45) is -2.98. The van der Waals surface area contributed by atoms with Gasteiger partial charge < -0.3 is 0 Å². The third-order valence-electron chi connectivity index (χ3n) is 1.70. The van der Waals surface area contributed by atoms with Gasteiger partial charge in [-0.05, 0) is 25.5 Å². The van der Waals surface area contributed by atoms with E-state index >= 15 is 0 Å². The van der Waals surface area contributed by atoms with Gasteiger partial charge in [-0.15, -0.1) is 0 Å². The van der Waals surface area contributed by atoms with Crippen molar-refractivity contribution >= 4 is 0 Å². The highest BCUT2D eigenvalue weighted by molar-refractivity contribution is 5.32. The predicted octanol–water partition coefficient (Wildman–Crippen LogP) is 4.74. The summed E-state index contributed by atoms with van der Waals surface area (Å²) in [4.78, 5) is 0. The molecular formula is C12H17F3. The van der Waals surface area contributed by atoms with Gasteiger partial charge in [0.25, 0.3) is 0 Å². The van der Waals surface area contributed by atoms with E-state index in [0.717, 1.165) is 6.07 Å². The van der Waals surface area contributed by atoms with Crippen molar-refractivity contribution in [1.82, 2.24) is 0 Å². The van der Waals surface area contributed by atoms with Gasteiger partial charge in [-0.1, -0.05) is 38.0 Å². The molecule has 0 unspecified atom stereocenters. The lowest BCUT2D eigenvalue weighted by molar-refractivity contribution is -0.138. The van der Waals surface area contributed by atoms with Crippen LogP contribution in [0.25, 0.3) is 0 Å². The lowest BCUT2D eigenvalue weighted by atomic mass is 10.1. The minimum absolute atomic E-state index is 0.271. The predicted molar refractivity (Wildman–Crippen MR) is 56.9 cm³/mol. The lowest BCUT2D eigenvalue weighted by Gasteiger charge is -2.10. The van der Waals surface area contributed by atoms with Gasteiger partial charge in [-0.3, -0.25) is 0 Å². The van der Waals surface area contributed by atoms with E-state index in [1.165, 1.54) is 19.4 Å². The second-order valence-electron chi connectivity index (χ2n) is 3.52. The first-order valence-electron chi connectivity index (χ1n) is 4.97. The number of benzene rings is 1. The summed E-state index contributed by atoms with van der Waals surface area (Å²) in [6, 6.07) is 4.32. The third-order valence-corrected chi connectivity index (χ3v) is 1.70. The molecule has 0 aliphatic heterocycles. The molecule has 3 heteroatoms. The Kier molecular flexibility index (Phi) is 5.40. The lowest BCUT2D eigenvalue weighted by Crippen LogP contribution is -2.07. The van der Waals surface area contributed by atoms with Gasteiger partial charge in [0.2, 0.25) is 0 Å². The van der Waals surface area contributed by atoms with Crippen molar-refractivity contribution in [2.45, 2.75) is 40.3 Å². The number of hydrogen-bond acceptors (Lipinski definition) is 0. The Balaban J connectivity index is 0.000000583. The van der Waals surface area contributed by atoms with Gasteiger partial charge >= 0.3 is 6.18 Å². The molecule has 0 heterocycles. The van der Waals surface area contributed by atoms with Gasteiger partial charge in [0, 0.05) is 0 Å². The molecular weight excluding hydrogens is 201 g/mol. The Morgan fingerprint density at radius 1 is 1.07 bits per heavy atom. The molecule has 0 aromatic heterocycles. The Morgan fingerprint density at radius 3 is 1.87 bits per heavy atom. The Morgan fingerprint density at radius 2 is 1.53 bits per heavy atom. The van der Waals surface area contributed by atoms with Crippen molar-refractivity contribution < 1.29 is 13.2 Å². The summed E-state index contributed by atoms with van der Waals surface area (Å²) in [5.41, 5.74) is 0.364. The fourth-order valence-corrected chi connectivity index (χ4v) is 1.04. The zero-order valence-corrected chi connectivity index (χ0v) is 9.57. The van der Waals surface area contributed by atoms with E-state index in [1.54, 1.807) is 13.0 Å². The van der Waals surface area contributed by atoms with E-state index in [0.29, 0.717) is 5.56 Å². The molecule has 1 rings (SSSR count). The van der Waals surface area contributed by atoms with Crippen molar-refractivity contribution in [2.75, 3.05) is 0 Å². The van der Waals surface area contributed by atoms with Crippen molar-refractivity contribution in [3.8, 4) is 0 Å². The van der Waals surface area contributed by atoms with Crippen LogP contribution in [0.5, 0.6) is 0 Å². The Labute approximate surface area is 89.1 Å². The number of aryl methyl sites for hydroxylation is 2. The average molecular weight is 218 g/mol. The molecule has 0 atom stereocenters. The summed E-state index contributed by atoms with van der Waals surface area (Å²) < 4.78 is 36.7. The first kappa shape index (κ1) is 14.0. The fourth-order valence-electron chi connectivity index (χ4n) is 1.04. The van der Waals surface area contributed by atoms with Crippen LogP contribution < -0.4 is 0 Å². The van der Waals surface area contributed by atoms with Gasteiger partial charge in [0.15, 0.2) is 0 Å². The molecule has 0 bridgehead atoms. The second kappa shape index (κ2) is 5.79. The Hall–Kier alpha value is -0.990. The zero-order valence-electron chi connectivity index (χ0n) is 9.57. The SMILES string of the molecule is CCC.Cc1ccc(C)c(C(F)(F)F)c1. The molecule has 0 aliphatic rings. The normalized spacial score (nSPS) is 10.6. The second-order valence-corrected chi connectivity index (χ2v) is 3.52. The van der Waals surface area contributed by atoms with Crippen molar-refractivity contribution in [3.63, 3.8) is 0 Å². The molecule has 0 amide bonds. The van der Waals surface area contributed by atoms with Crippen LogP contribution in [-0.4, -0.2) is 0 Å². The maximum absolute atomic E-state index is 12.2. The van der Waals surface area contributed by atoms with Gasteiger partial charge in [-0.25, -0.2) is 0 Å². The molecule has 0 fully saturated rings. The van der Waals surface area contributed by atoms with Crippen LogP contribution in [0, 0.1) is 13.8 Å². The van der Waals surface area contributed by atoms with Crippen LogP contribution in [0.1, 0.15) is 37.0 Å². The number of hydrogen-bond donors (Lipinski definition) is 0. The molecule has 15 heavy (non-hydrogen) atoms. The fraction of sp³-hybridized carbons (Fsp3) is 0.500. The van der Waals surface area contributed by atoms with E-state index < -0.39 is 11.7 Å². The van der Waals surface area contributed by atoms with E-state index in [4.69, 9.17) is 0 Å². The van der Waals surface area contributed by atoms with Crippen molar-refractivity contribution in [3.05, 3.63) is 34.9 Å². The zero-order chi connectivity index (χ0) is 12.1. The summed E-state index contributed by atoms with van der Waals surface area (Å²) in [7, 11) is 0. The standard InChI is InChI=1S/C9H9F3.C3H8/c1-6-3-4-7(2)8(5-6)9(10,11)12;1-3-2/h3-5H,1-2H3;3H2,1-2H3. The van der Waals surface area contributed by atoms with Crippen LogP contribution in [0.2, 0.25) is 0 Å². The number of rotatable bonds is 0. The van der Waals surface area contributed by atoms with E-state index in [-0.39, 0.29) is 5.56 Å². The molecule has 1 aromatic carbocycles. The molecule has 0 spiro atoms. The minimum atomic E-state index is -4.23. The van der Waals surface area contributed by atoms with Crippen molar-refractivity contribution in [2.24, 2.45) is 0 Å². The quantitative estimate of drug-likeness (QED) is 0.590. The molecule has 0 nitrogen and oxygen atoms in total. The molecule has 0 saturated heterocycles. The number of halogens is 3. The topological polar surface area (TPSA) is 0 Å². The highest BCUT2D eigenvalue weighted by Gasteiger charge is 2.31. The van der Waals surface area contributed by atoms with Gasteiger partial charge in [-0.2, -0.15) is 13.2 Å². The molecule has 86 valence electrons. The number of alkyl halides is 3. The van der Waals surface area contributed by atoms with Crippen molar-refractivity contribution in [1.29, 1.82) is 0 Å². The summed E-state index contributed by atoms with van der Waals surface area (Å²) in [5, 5.41) is 0. The van der Waals surface area contributed by atoms with Crippen LogP contribution in [0.4, 0.5) is 13.2 Å². The van der Waals surface area contributed by atoms with Crippen LogP contribution in [0.15, 0.2) is 18.2 Å². The smallest absolute Gasteiger partial charge is 0.166 e. The average Bonchev–Trinajstić information content (AvgIpc) is 2.09. The van der Waals surface area contributed by atoms with Crippen LogP contribution in [0.3, 0.4) is 0 Å². The van der Waals surface area contributed by atoms with Crippen LogP contribution >= 0.6 is 0 Å². The summed E-state index contributed by atoms with van der Waals surface area (Å²) in [5.74, 6) is 0. The highest BCUT2D eigenvalue weighted by Crippen LogP contribution is 2.31. The molecule has 0 radical (unpaired) electrons. The van der Waals surface area contributed by atoms with E-state index in [2.05, 4.69) is 13.8 Å². The largest absolute Gasteiger partial charge is 0.416 e. The van der Waals surface area contributed by atoms with Crippen LogP contribution in [-0.2, 0) is 6.18 Å². The molecule has 0 aliphatic carbocycles. The monoisotopic (exact) mass is 218 g/mol. The minimum Gasteiger partial charge on any atom is -0.166 e. The van der Waals surface area contributed by atoms with E-state index in [1.807, 2.05) is 0 Å². The Bertz CT molecular complexity index is 300. The molecule has 1 aromatic rings. The first-order valence-corrected chi connectivity index (χ1v) is 4.97. The highest BCUT2D eigenvalue weighted by atomic mass is 19.4. The maximum Gasteiger partial charge on any atom is 0.416 e. The summed E-state index contributed by atoms with van der Waals surface area (Å²) in [6.45, 7) is 7.36. The summed E-state index contributed by atoms with van der Waals surface area (Å²) >= 11 is 0.